The van der Waals surface area contributed by atoms with E-state index in [1.165, 1.54) is 0 Å². The van der Waals surface area contributed by atoms with E-state index in [9.17, 15) is 4.79 Å². The Balaban J connectivity index is 2.76. The normalized spacial score (nSPS) is 11.2. The number of carbonyl (C=O) groups is 1. The second-order valence-corrected chi connectivity index (χ2v) is 5.53. The fraction of sp³-hybridized carbons (Fsp3) is 0.533. The van der Waals surface area contributed by atoms with Crippen molar-refractivity contribution in [1.82, 2.24) is 0 Å². The van der Waals surface area contributed by atoms with E-state index >= 15 is 0 Å². The number of hydrogen-bond acceptors (Lipinski definition) is 3. The molecule has 0 bridgehead atoms. The molecule has 0 heterocycles. The van der Waals surface area contributed by atoms with E-state index in [4.69, 9.17) is 9.84 Å². The van der Waals surface area contributed by atoms with Gasteiger partial charge < -0.3 is 15.2 Å². The minimum Gasteiger partial charge on any atom is -0.494 e. The van der Waals surface area contributed by atoms with E-state index in [1.54, 1.807) is 21.0 Å². The molecule has 0 unspecified atom stereocenters. The Kier molecular flexibility index (Phi) is 4.81. The molecule has 19 heavy (non-hydrogen) atoms. The fourth-order valence-corrected chi connectivity index (χ4v) is 1.97. The van der Waals surface area contributed by atoms with Gasteiger partial charge >= 0.3 is 5.97 Å². The van der Waals surface area contributed by atoms with Crippen LogP contribution in [0.2, 0.25) is 0 Å². The average Bonchev–Trinajstić information content (AvgIpc) is 2.27. The molecule has 0 amide bonds. The highest BCUT2D eigenvalue weighted by molar-refractivity contribution is 5.73. The van der Waals surface area contributed by atoms with Crippen LogP contribution in [0.5, 0.6) is 5.75 Å². The molecule has 0 atom stereocenters. The average molecular weight is 265 g/mol. The maximum absolute atomic E-state index is 11.0. The molecule has 0 aliphatic carbocycles. The summed E-state index contributed by atoms with van der Waals surface area (Å²) in [6, 6.07) is 4.07. The van der Waals surface area contributed by atoms with Crippen molar-refractivity contribution >= 4 is 11.7 Å². The van der Waals surface area contributed by atoms with Gasteiger partial charge in [-0.25, -0.2) is 0 Å². The highest BCUT2D eigenvalue weighted by Gasteiger charge is 2.26. The maximum atomic E-state index is 11.0. The number of aryl methyl sites for hydroxylation is 2. The van der Waals surface area contributed by atoms with Crippen LogP contribution >= 0.6 is 0 Å². The van der Waals surface area contributed by atoms with E-state index in [0.29, 0.717) is 13.0 Å². The van der Waals surface area contributed by atoms with Gasteiger partial charge in [-0.2, -0.15) is 0 Å². The van der Waals surface area contributed by atoms with E-state index < -0.39 is 11.4 Å². The maximum Gasteiger partial charge on any atom is 0.309 e. The van der Waals surface area contributed by atoms with Gasteiger partial charge in [0.25, 0.3) is 0 Å². The molecular weight excluding hydrogens is 242 g/mol. The van der Waals surface area contributed by atoms with Gasteiger partial charge in [-0.1, -0.05) is 6.07 Å². The zero-order valence-corrected chi connectivity index (χ0v) is 12.3. The molecule has 4 heteroatoms. The number of carboxylic acid groups (broad SMARTS) is 1. The van der Waals surface area contributed by atoms with Crippen LogP contribution in [0.25, 0.3) is 0 Å². The fourth-order valence-electron chi connectivity index (χ4n) is 1.97. The predicted molar refractivity (Wildman–Crippen MR) is 77.0 cm³/mol. The Morgan fingerprint density at radius 3 is 2.53 bits per heavy atom. The first-order valence-electron chi connectivity index (χ1n) is 6.40. The molecule has 0 saturated carbocycles. The Labute approximate surface area is 114 Å². The number of hydrogen-bond donors (Lipinski definition) is 2. The van der Waals surface area contributed by atoms with E-state index in [1.807, 2.05) is 19.9 Å². The third-order valence-corrected chi connectivity index (χ3v) is 3.27. The van der Waals surface area contributed by atoms with Gasteiger partial charge in [0.2, 0.25) is 0 Å². The molecular formula is C15H23NO3. The number of nitrogens with one attached hydrogen (secondary N) is 1. The predicted octanol–water partition coefficient (Wildman–Crippen LogP) is 3.22. The molecule has 2 N–H and O–H groups in total. The standard InChI is InChI=1S/C15H23NO3/c1-10-8-11(2)13(19-5)12(9-10)16-7-6-15(3,4)14(17)18/h8-9,16H,6-7H2,1-5H3,(H,17,18). The third kappa shape index (κ3) is 3.88. The summed E-state index contributed by atoms with van der Waals surface area (Å²) in [6.45, 7) is 8.08. The molecule has 0 aliphatic rings. The van der Waals surface area contributed by atoms with Crippen LogP contribution in [0, 0.1) is 19.3 Å². The summed E-state index contributed by atoms with van der Waals surface area (Å²) < 4.78 is 5.38. The summed E-state index contributed by atoms with van der Waals surface area (Å²) in [4.78, 5) is 11.0. The van der Waals surface area contributed by atoms with Gasteiger partial charge in [0.1, 0.15) is 5.75 Å². The van der Waals surface area contributed by atoms with Gasteiger partial charge in [-0.05, 0) is 51.3 Å². The highest BCUT2D eigenvalue weighted by Crippen LogP contribution is 2.30. The van der Waals surface area contributed by atoms with Gasteiger partial charge in [0, 0.05) is 6.54 Å². The first-order valence-corrected chi connectivity index (χ1v) is 6.40. The van der Waals surface area contributed by atoms with Crippen LogP contribution in [0.15, 0.2) is 12.1 Å². The number of carboxylic acids is 1. The largest absolute Gasteiger partial charge is 0.494 e. The van der Waals surface area contributed by atoms with Crippen molar-refractivity contribution in [2.75, 3.05) is 19.0 Å². The Bertz CT molecular complexity index is 467. The van der Waals surface area contributed by atoms with Crippen molar-refractivity contribution in [2.24, 2.45) is 5.41 Å². The summed E-state index contributed by atoms with van der Waals surface area (Å²) in [5.41, 5.74) is 2.42. The van der Waals surface area contributed by atoms with E-state index in [0.717, 1.165) is 22.6 Å². The summed E-state index contributed by atoms with van der Waals surface area (Å²) in [7, 11) is 1.64. The lowest BCUT2D eigenvalue weighted by Gasteiger charge is -2.20. The second kappa shape index (κ2) is 5.95. The number of benzene rings is 1. The monoisotopic (exact) mass is 265 g/mol. The Hall–Kier alpha value is -1.71. The molecule has 0 aliphatic heterocycles. The summed E-state index contributed by atoms with van der Waals surface area (Å²) >= 11 is 0. The quantitative estimate of drug-likeness (QED) is 0.829. The zero-order chi connectivity index (χ0) is 14.6. The number of anilines is 1. The van der Waals surface area contributed by atoms with E-state index in [2.05, 4.69) is 11.4 Å². The summed E-state index contributed by atoms with van der Waals surface area (Å²) in [5.74, 6) is 0.0421. The molecule has 0 saturated heterocycles. The smallest absolute Gasteiger partial charge is 0.309 e. The summed E-state index contributed by atoms with van der Waals surface area (Å²) in [5, 5.41) is 12.3. The molecule has 0 spiro atoms. The van der Waals surface area contributed by atoms with Crippen LogP contribution in [0.1, 0.15) is 31.4 Å². The zero-order valence-electron chi connectivity index (χ0n) is 12.3. The van der Waals surface area contributed by atoms with Crippen molar-refractivity contribution in [3.05, 3.63) is 23.3 Å². The third-order valence-electron chi connectivity index (χ3n) is 3.27. The van der Waals surface area contributed by atoms with Gasteiger partial charge in [-0.15, -0.1) is 0 Å². The van der Waals surface area contributed by atoms with Gasteiger partial charge in [-0.3, -0.25) is 4.79 Å². The van der Waals surface area contributed by atoms with Crippen molar-refractivity contribution in [3.8, 4) is 5.75 Å². The Morgan fingerprint density at radius 2 is 2.00 bits per heavy atom. The highest BCUT2D eigenvalue weighted by atomic mass is 16.5. The number of rotatable bonds is 6. The lowest BCUT2D eigenvalue weighted by atomic mass is 9.89. The van der Waals surface area contributed by atoms with Crippen LogP contribution < -0.4 is 10.1 Å². The molecule has 0 aromatic heterocycles. The van der Waals surface area contributed by atoms with Crippen molar-refractivity contribution in [2.45, 2.75) is 34.1 Å². The van der Waals surface area contributed by atoms with Crippen molar-refractivity contribution in [1.29, 1.82) is 0 Å². The molecule has 4 nitrogen and oxygen atoms in total. The number of ether oxygens (including phenoxy) is 1. The van der Waals surface area contributed by atoms with Crippen molar-refractivity contribution < 1.29 is 14.6 Å². The van der Waals surface area contributed by atoms with Crippen LogP contribution in [0.4, 0.5) is 5.69 Å². The second-order valence-electron chi connectivity index (χ2n) is 5.53. The first-order chi connectivity index (χ1) is 8.77. The lowest BCUT2D eigenvalue weighted by molar-refractivity contribution is -0.147. The SMILES string of the molecule is COc1c(C)cc(C)cc1NCCC(C)(C)C(=O)O. The van der Waals surface area contributed by atoms with Crippen LogP contribution in [0.3, 0.4) is 0 Å². The van der Waals surface area contributed by atoms with E-state index in [-0.39, 0.29) is 0 Å². The topological polar surface area (TPSA) is 58.6 Å². The first kappa shape index (κ1) is 15.3. The minimum atomic E-state index is -0.776. The molecule has 1 rings (SSSR count). The van der Waals surface area contributed by atoms with Gasteiger partial charge in [0.05, 0.1) is 18.2 Å². The summed E-state index contributed by atoms with van der Waals surface area (Å²) in [6.07, 6.45) is 0.554. The molecule has 1 aromatic carbocycles. The molecule has 1 aromatic rings. The van der Waals surface area contributed by atoms with Crippen LogP contribution in [-0.2, 0) is 4.79 Å². The number of aliphatic carboxylic acids is 1. The van der Waals surface area contributed by atoms with Crippen LogP contribution in [-0.4, -0.2) is 24.7 Å². The lowest BCUT2D eigenvalue weighted by Crippen LogP contribution is -2.26. The molecule has 0 fully saturated rings. The molecule has 106 valence electrons. The number of methoxy groups -OCH3 is 1. The Morgan fingerprint density at radius 1 is 1.37 bits per heavy atom. The van der Waals surface area contributed by atoms with Gasteiger partial charge in [0.15, 0.2) is 0 Å². The van der Waals surface area contributed by atoms with Crippen molar-refractivity contribution in [3.63, 3.8) is 0 Å². The minimum absolute atomic E-state index is 0.554. The molecule has 0 radical (unpaired) electrons.